The topological polar surface area (TPSA) is 111 Å². The van der Waals surface area contributed by atoms with E-state index in [1.54, 1.807) is 10.7 Å². The van der Waals surface area contributed by atoms with E-state index in [1.165, 1.54) is 18.2 Å². The first-order valence-corrected chi connectivity index (χ1v) is 8.88. The molecule has 10 heteroatoms. The molecule has 0 unspecified atom stereocenters. The summed E-state index contributed by atoms with van der Waals surface area (Å²) in [5.41, 5.74) is 7.59. The van der Waals surface area contributed by atoms with Gasteiger partial charge in [-0.05, 0) is 38.1 Å². The lowest BCUT2D eigenvalue weighted by Gasteiger charge is -2.12. The molecule has 1 aromatic carbocycles. The maximum atomic E-state index is 13.4. The normalized spacial score (nSPS) is 10.8. The average Bonchev–Trinajstić information content (AvgIpc) is 2.96. The molecular formula is C18H19ClFN7O. The summed E-state index contributed by atoms with van der Waals surface area (Å²) in [6.45, 7) is 3.95. The van der Waals surface area contributed by atoms with E-state index in [2.05, 4.69) is 25.7 Å². The number of rotatable bonds is 6. The van der Waals surface area contributed by atoms with Crippen molar-refractivity contribution < 1.29 is 9.18 Å². The lowest BCUT2D eigenvalue weighted by atomic mass is 10.3. The van der Waals surface area contributed by atoms with Gasteiger partial charge in [0, 0.05) is 30.4 Å². The molecule has 1 amide bonds. The number of hydrogen-bond acceptors (Lipinski definition) is 6. The van der Waals surface area contributed by atoms with Crippen molar-refractivity contribution in [3.63, 3.8) is 0 Å². The van der Waals surface area contributed by atoms with Crippen LogP contribution in [-0.4, -0.2) is 32.2 Å². The summed E-state index contributed by atoms with van der Waals surface area (Å²) in [7, 11) is 0. The Morgan fingerprint density at radius 2 is 1.96 bits per heavy atom. The summed E-state index contributed by atoms with van der Waals surface area (Å²) in [6, 6.07) is 7.65. The van der Waals surface area contributed by atoms with Crippen molar-refractivity contribution in [1.82, 2.24) is 19.7 Å². The predicted molar refractivity (Wildman–Crippen MR) is 106 cm³/mol. The van der Waals surface area contributed by atoms with Gasteiger partial charge in [0.05, 0.1) is 10.7 Å². The zero-order valence-corrected chi connectivity index (χ0v) is 16.1. The Morgan fingerprint density at radius 1 is 1.21 bits per heavy atom. The number of carbonyl (C=O) groups is 1. The van der Waals surface area contributed by atoms with Gasteiger partial charge in [0.15, 0.2) is 0 Å². The number of amides is 1. The Labute approximate surface area is 165 Å². The minimum Gasteiger partial charge on any atom is -0.340 e. The molecule has 0 saturated carbocycles. The Kier molecular flexibility index (Phi) is 5.86. The second kappa shape index (κ2) is 8.32. The Hall–Kier alpha value is -3.04. The molecule has 0 fully saturated rings. The van der Waals surface area contributed by atoms with Gasteiger partial charge in [-0.1, -0.05) is 11.6 Å². The van der Waals surface area contributed by atoms with Crippen molar-refractivity contribution in [2.75, 3.05) is 17.2 Å². The third kappa shape index (κ3) is 4.62. The quantitative estimate of drug-likeness (QED) is 0.583. The highest BCUT2D eigenvalue weighted by Crippen LogP contribution is 2.24. The zero-order chi connectivity index (χ0) is 20.3. The highest BCUT2D eigenvalue weighted by Gasteiger charge is 2.13. The number of hydrogen-bond donors (Lipinski definition) is 3. The first kappa shape index (κ1) is 19.7. The molecule has 2 aromatic heterocycles. The second-order valence-corrected chi connectivity index (χ2v) is 6.53. The minimum absolute atomic E-state index is 0.0192. The van der Waals surface area contributed by atoms with Gasteiger partial charge in [-0.15, -0.1) is 0 Å². The fraction of sp³-hybridized carbons (Fsp3) is 0.222. The maximum absolute atomic E-state index is 13.4. The monoisotopic (exact) mass is 403 g/mol. The first-order valence-electron chi connectivity index (χ1n) is 8.50. The number of nitrogens with zero attached hydrogens (tertiary/aromatic N) is 4. The summed E-state index contributed by atoms with van der Waals surface area (Å²) in [5.74, 6) is 0.145. The van der Waals surface area contributed by atoms with E-state index in [-0.39, 0.29) is 35.7 Å². The predicted octanol–water partition coefficient (Wildman–Crippen LogP) is 3.10. The number of aryl methyl sites for hydroxylation is 2. The van der Waals surface area contributed by atoms with E-state index in [0.29, 0.717) is 11.5 Å². The average molecular weight is 404 g/mol. The van der Waals surface area contributed by atoms with Crippen molar-refractivity contribution in [3.05, 3.63) is 52.6 Å². The molecule has 28 heavy (non-hydrogen) atoms. The molecule has 146 valence electrons. The molecule has 3 rings (SSSR count). The van der Waals surface area contributed by atoms with E-state index in [1.807, 2.05) is 19.9 Å². The molecule has 4 N–H and O–H groups in total. The standard InChI is InChI=1S/C18H19ClFN7O/c1-10-7-11(2)27(26-10)18-24-15(9-16(25-18)23-17(28)5-6-21)22-12-3-4-14(20)13(19)8-12/h3-4,7-9H,5-6,21H2,1-2H3,(H2,22,23,24,25,28). The third-order valence-electron chi connectivity index (χ3n) is 3.74. The number of benzene rings is 1. The molecule has 0 saturated heterocycles. The molecule has 0 aliphatic carbocycles. The Balaban J connectivity index is 1.99. The van der Waals surface area contributed by atoms with Crippen molar-refractivity contribution in [2.24, 2.45) is 5.73 Å². The summed E-state index contributed by atoms with van der Waals surface area (Å²) in [5, 5.41) is 10.1. The van der Waals surface area contributed by atoms with Gasteiger partial charge >= 0.3 is 0 Å². The number of nitrogens with two attached hydrogens (primary N) is 1. The molecule has 3 aromatic rings. The van der Waals surface area contributed by atoms with Crippen LogP contribution in [0.4, 0.5) is 21.7 Å². The van der Waals surface area contributed by atoms with Gasteiger partial charge in [0.25, 0.3) is 5.95 Å². The molecule has 0 aliphatic rings. The summed E-state index contributed by atoms with van der Waals surface area (Å²) in [4.78, 5) is 20.7. The van der Waals surface area contributed by atoms with Crippen LogP contribution in [0.3, 0.4) is 0 Å². The van der Waals surface area contributed by atoms with Gasteiger partial charge in [-0.25, -0.2) is 9.07 Å². The van der Waals surface area contributed by atoms with Crippen molar-refractivity contribution >= 4 is 34.8 Å². The molecule has 2 heterocycles. The van der Waals surface area contributed by atoms with Crippen LogP contribution in [-0.2, 0) is 4.79 Å². The van der Waals surface area contributed by atoms with Gasteiger partial charge in [-0.2, -0.15) is 15.1 Å². The fourth-order valence-corrected chi connectivity index (χ4v) is 2.73. The summed E-state index contributed by atoms with van der Waals surface area (Å²) >= 11 is 5.83. The Bertz CT molecular complexity index is 1020. The summed E-state index contributed by atoms with van der Waals surface area (Å²) in [6.07, 6.45) is 0.162. The molecule has 0 aliphatic heterocycles. The van der Waals surface area contributed by atoms with Gasteiger partial charge in [0.2, 0.25) is 5.91 Å². The largest absolute Gasteiger partial charge is 0.340 e. The molecule has 0 bridgehead atoms. The van der Waals surface area contributed by atoms with E-state index >= 15 is 0 Å². The lowest BCUT2D eigenvalue weighted by molar-refractivity contribution is -0.116. The van der Waals surface area contributed by atoms with Crippen LogP contribution < -0.4 is 16.4 Å². The van der Waals surface area contributed by atoms with Crippen LogP contribution >= 0.6 is 11.6 Å². The Morgan fingerprint density at radius 3 is 2.61 bits per heavy atom. The van der Waals surface area contributed by atoms with Gasteiger partial charge in [0.1, 0.15) is 17.5 Å². The van der Waals surface area contributed by atoms with E-state index < -0.39 is 5.82 Å². The fourth-order valence-electron chi connectivity index (χ4n) is 2.55. The highest BCUT2D eigenvalue weighted by atomic mass is 35.5. The van der Waals surface area contributed by atoms with Crippen LogP contribution in [0.25, 0.3) is 5.95 Å². The number of anilines is 3. The maximum Gasteiger partial charge on any atom is 0.254 e. The van der Waals surface area contributed by atoms with Crippen molar-refractivity contribution in [2.45, 2.75) is 20.3 Å². The van der Waals surface area contributed by atoms with Crippen LogP contribution in [0.1, 0.15) is 17.8 Å². The van der Waals surface area contributed by atoms with Crippen molar-refractivity contribution in [1.29, 1.82) is 0 Å². The van der Waals surface area contributed by atoms with E-state index in [0.717, 1.165) is 11.4 Å². The minimum atomic E-state index is -0.520. The SMILES string of the molecule is Cc1cc(C)n(-c2nc(NC(=O)CCN)cc(Nc3ccc(F)c(Cl)c3)n2)n1. The van der Waals surface area contributed by atoms with Gasteiger partial charge in [-0.3, -0.25) is 4.79 Å². The molecule has 0 spiro atoms. The molecule has 0 atom stereocenters. The second-order valence-electron chi connectivity index (χ2n) is 6.12. The zero-order valence-electron chi connectivity index (χ0n) is 15.3. The molecule has 0 radical (unpaired) electrons. The molecular weight excluding hydrogens is 385 g/mol. The number of carbonyl (C=O) groups excluding carboxylic acids is 1. The van der Waals surface area contributed by atoms with Gasteiger partial charge < -0.3 is 16.4 Å². The summed E-state index contributed by atoms with van der Waals surface area (Å²) < 4.78 is 15.0. The van der Waals surface area contributed by atoms with Crippen molar-refractivity contribution in [3.8, 4) is 5.95 Å². The smallest absolute Gasteiger partial charge is 0.254 e. The number of halogens is 2. The molecule has 8 nitrogen and oxygen atoms in total. The number of aromatic nitrogens is 4. The first-order chi connectivity index (χ1) is 13.4. The van der Waals surface area contributed by atoms with E-state index in [4.69, 9.17) is 17.3 Å². The lowest BCUT2D eigenvalue weighted by Crippen LogP contribution is -2.18. The highest BCUT2D eigenvalue weighted by molar-refractivity contribution is 6.31. The van der Waals surface area contributed by atoms with Crippen LogP contribution in [0, 0.1) is 19.7 Å². The van der Waals surface area contributed by atoms with Crippen LogP contribution in [0.15, 0.2) is 30.3 Å². The van der Waals surface area contributed by atoms with Crippen LogP contribution in [0.5, 0.6) is 0 Å². The van der Waals surface area contributed by atoms with E-state index in [9.17, 15) is 9.18 Å². The third-order valence-corrected chi connectivity index (χ3v) is 4.03. The number of nitrogens with one attached hydrogen (secondary N) is 2. The van der Waals surface area contributed by atoms with Crippen LogP contribution in [0.2, 0.25) is 5.02 Å².